The van der Waals surface area contributed by atoms with Crippen LogP contribution in [-0.4, -0.2) is 41.7 Å². The zero-order valence-electron chi connectivity index (χ0n) is 12.3. The van der Waals surface area contributed by atoms with E-state index in [1.54, 1.807) is 0 Å². The van der Waals surface area contributed by atoms with E-state index >= 15 is 0 Å². The molecule has 6 heteroatoms. The Morgan fingerprint density at radius 2 is 2.24 bits per heavy atom. The molecule has 1 aliphatic rings. The number of carbonyl (C=O) groups is 1. The highest BCUT2D eigenvalue weighted by Crippen LogP contribution is 2.28. The molecule has 0 saturated heterocycles. The fourth-order valence-corrected chi connectivity index (χ4v) is 2.48. The maximum Gasteiger partial charge on any atom is 0.241 e. The van der Waals surface area contributed by atoms with Crippen LogP contribution in [0.1, 0.15) is 19.8 Å². The van der Waals surface area contributed by atoms with Crippen molar-refractivity contribution in [1.29, 1.82) is 0 Å². The molecule has 1 saturated carbocycles. The van der Waals surface area contributed by atoms with Gasteiger partial charge in [-0.2, -0.15) is 0 Å². The number of likely N-dealkylation sites (N-methyl/N-ethyl adjacent to an activating group) is 1. The number of nitrogen functional groups attached to an aromatic ring is 1. The lowest BCUT2D eigenvalue weighted by Gasteiger charge is -2.36. The standard InChI is InChI=1S/C15H22FN3O2/c1-9(19(2)8-10-5-12(20)6-10)15(21)18-11-3-4-13(16)14(17)7-11/h3-4,7,9-10,12,20H,5-6,8,17H2,1-2H3,(H,18,21). The van der Waals surface area contributed by atoms with Gasteiger partial charge in [0, 0.05) is 12.2 Å². The van der Waals surface area contributed by atoms with Crippen molar-refractivity contribution >= 4 is 17.3 Å². The van der Waals surface area contributed by atoms with E-state index in [2.05, 4.69) is 5.32 Å². The van der Waals surface area contributed by atoms with Crippen LogP contribution in [0.2, 0.25) is 0 Å². The van der Waals surface area contributed by atoms with Crippen LogP contribution in [0.5, 0.6) is 0 Å². The second-order valence-corrected chi connectivity index (χ2v) is 5.83. The van der Waals surface area contributed by atoms with E-state index in [0.717, 1.165) is 19.4 Å². The van der Waals surface area contributed by atoms with Gasteiger partial charge in [-0.1, -0.05) is 0 Å². The summed E-state index contributed by atoms with van der Waals surface area (Å²) in [7, 11) is 1.88. The Kier molecular flexibility index (Phi) is 4.80. The summed E-state index contributed by atoms with van der Waals surface area (Å²) in [5.74, 6) is -0.216. The largest absolute Gasteiger partial charge is 0.396 e. The molecule has 1 aromatic rings. The fourth-order valence-electron chi connectivity index (χ4n) is 2.48. The van der Waals surface area contributed by atoms with E-state index < -0.39 is 5.82 Å². The van der Waals surface area contributed by atoms with Crippen molar-refractivity contribution < 1.29 is 14.3 Å². The minimum atomic E-state index is -0.498. The van der Waals surface area contributed by atoms with Gasteiger partial charge in [0.25, 0.3) is 0 Å². The van der Waals surface area contributed by atoms with Crippen LogP contribution in [0.25, 0.3) is 0 Å². The molecule has 21 heavy (non-hydrogen) atoms. The number of amides is 1. The van der Waals surface area contributed by atoms with E-state index in [0.29, 0.717) is 11.6 Å². The van der Waals surface area contributed by atoms with Crippen molar-refractivity contribution in [3.63, 3.8) is 0 Å². The number of aliphatic hydroxyl groups excluding tert-OH is 1. The zero-order chi connectivity index (χ0) is 15.6. The van der Waals surface area contributed by atoms with Crippen molar-refractivity contribution in [2.75, 3.05) is 24.6 Å². The summed E-state index contributed by atoms with van der Waals surface area (Å²) in [5.41, 5.74) is 5.97. The third-order valence-electron chi connectivity index (χ3n) is 4.06. The molecule has 1 unspecified atom stereocenters. The van der Waals surface area contributed by atoms with Crippen molar-refractivity contribution in [2.45, 2.75) is 31.9 Å². The van der Waals surface area contributed by atoms with E-state index in [1.807, 2.05) is 18.9 Å². The Bertz CT molecular complexity index is 518. The van der Waals surface area contributed by atoms with Gasteiger partial charge >= 0.3 is 0 Å². The van der Waals surface area contributed by atoms with E-state index in [4.69, 9.17) is 5.73 Å². The molecular weight excluding hydrogens is 273 g/mol. The van der Waals surface area contributed by atoms with Gasteiger partial charge in [0.1, 0.15) is 5.82 Å². The molecule has 1 amide bonds. The van der Waals surface area contributed by atoms with Crippen LogP contribution < -0.4 is 11.1 Å². The number of nitrogens with zero attached hydrogens (tertiary/aromatic N) is 1. The second-order valence-electron chi connectivity index (χ2n) is 5.83. The molecule has 1 aliphatic carbocycles. The van der Waals surface area contributed by atoms with Gasteiger partial charge in [-0.15, -0.1) is 0 Å². The number of carbonyl (C=O) groups excluding carboxylic acids is 1. The third-order valence-corrected chi connectivity index (χ3v) is 4.06. The Morgan fingerprint density at radius 3 is 2.81 bits per heavy atom. The first-order chi connectivity index (χ1) is 9.86. The summed E-state index contributed by atoms with van der Waals surface area (Å²) in [6, 6.07) is 3.81. The van der Waals surface area contributed by atoms with Crippen LogP contribution in [0.3, 0.4) is 0 Å². The van der Waals surface area contributed by atoms with E-state index in [1.165, 1.54) is 18.2 Å². The minimum absolute atomic E-state index is 0.0114. The topological polar surface area (TPSA) is 78.6 Å². The van der Waals surface area contributed by atoms with Gasteiger partial charge in [0.15, 0.2) is 0 Å². The number of halogens is 1. The van der Waals surface area contributed by atoms with Crippen LogP contribution >= 0.6 is 0 Å². The predicted molar refractivity (Wildman–Crippen MR) is 80.3 cm³/mol. The SMILES string of the molecule is CC(C(=O)Nc1ccc(F)c(N)c1)N(C)CC1CC(O)C1. The quantitative estimate of drug-likeness (QED) is 0.718. The van der Waals surface area contributed by atoms with Crippen molar-refractivity contribution in [3.8, 4) is 0 Å². The number of aliphatic hydroxyl groups is 1. The molecule has 2 rings (SSSR count). The number of hydrogen-bond acceptors (Lipinski definition) is 4. The smallest absolute Gasteiger partial charge is 0.241 e. The molecule has 0 spiro atoms. The van der Waals surface area contributed by atoms with E-state index in [-0.39, 0.29) is 23.7 Å². The highest BCUT2D eigenvalue weighted by atomic mass is 19.1. The van der Waals surface area contributed by atoms with E-state index in [9.17, 15) is 14.3 Å². The summed E-state index contributed by atoms with van der Waals surface area (Å²) in [5, 5.41) is 12.0. The molecule has 1 atom stereocenters. The Labute approximate surface area is 123 Å². The molecule has 1 aromatic carbocycles. The molecule has 0 bridgehead atoms. The number of nitrogens with one attached hydrogen (secondary N) is 1. The summed E-state index contributed by atoms with van der Waals surface area (Å²) in [6.45, 7) is 2.59. The van der Waals surface area contributed by atoms with Crippen molar-refractivity contribution in [3.05, 3.63) is 24.0 Å². The maximum atomic E-state index is 13.1. The Hall–Kier alpha value is -1.66. The average molecular weight is 295 g/mol. The van der Waals surface area contributed by atoms with Crippen LogP contribution in [0.15, 0.2) is 18.2 Å². The van der Waals surface area contributed by atoms with Crippen LogP contribution in [0.4, 0.5) is 15.8 Å². The number of nitrogens with two attached hydrogens (primary N) is 1. The van der Waals surface area contributed by atoms with Crippen LogP contribution in [0, 0.1) is 11.7 Å². The summed E-state index contributed by atoms with van der Waals surface area (Å²) in [6.07, 6.45) is 1.41. The van der Waals surface area contributed by atoms with Gasteiger partial charge in [-0.3, -0.25) is 9.69 Å². The number of anilines is 2. The first-order valence-electron chi connectivity index (χ1n) is 7.11. The van der Waals surface area contributed by atoms with Gasteiger partial charge in [-0.25, -0.2) is 4.39 Å². The van der Waals surface area contributed by atoms with Crippen molar-refractivity contribution in [1.82, 2.24) is 4.90 Å². The fraction of sp³-hybridized carbons (Fsp3) is 0.533. The third kappa shape index (κ3) is 3.92. The number of rotatable bonds is 5. The molecule has 0 heterocycles. The maximum absolute atomic E-state index is 13.1. The molecule has 0 radical (unpaired) electrons. The van der Waals surface area contributed by atoms with Gasteiger partial charge in [-0.05, 0) is 50.9 Å². The molecule has 5 nitrogen and oxygen atoms in total. The molecule has 116 valence electrons. The lowest BCUT2D eigenvalue weighted by molar-refractivity contribution is -0.120. The monoisotopic (exact) mass is 295 g/mol. The molecular formula is C15H22FN3O2. The highest BCUT2D eigenvalue weighted by Gasteiger charge is 2.30. The van der Waals surface area contributed by atoms with Gasteiger partial charge in [0.05, 0.1) is 17.8 Å². The minimum Gasteiger partial charge on any atom is -0.396 e. The lowest BCUT2D eigenvalue weighted by atomic mass is 9.82. The summed E-state index contributed by atoms with van der Waals surface area (Å²) < 4.78 is 13.1. The zero-order valence-corrected chi connectivity index (χ0v) is 12.3. The second kappa shape index (κ2) is 6.41. The normalized spacial score (nSPS) is 22.7. The lowest BCUT2D eigenvalue weighted by Crippen LogP contribution is -2.45. The van der Waals surface area contributed by atoms with Gasteiger partial charge < -0.3 is 16.2 Å². The molecule has 0 aromatic heterocycles. The highest BCUT2D eigenvalue weighted by molar-refractivity contribution is 5.94. The van der Waals surface area contributed by atoms with Crippen LogP contribution in [-0.2, 0) is 4.79 Å². The molecule has 4 N–H and O–H groups in total. The Morgan fingerprint density at radius 1 is 1.57 bits per heavy atom. The first-order valence-corrected chi connectivity index (χ1v) is 7.11. The average Bonchev–Trinajstić information content (AvgIpc) is 2.40. The summed E-state index contributed by atoms with van der Waals surface area (Å²) in [4.78, 5) is 14.1. The first kappa shape index (κ1) is 15.7. The van der Waals surface area contributed by atoms with Crippen molar-refractivity contribution in [2.24, 2.45) is 5.92 Å². The number of hydrogen-bond donors (Lipinski definition) is 3. The molecule has 0 aliphatic heterocycles. The molecule has 1 fully saturated rings. The predicted octanol–water partition coefficient (Wildman–Crippen LogP) is 1.44. The summed E-state index contributed by atoms with van der Waals surface area (Å²) >= 11 is 0. The van der Waals surface area contributed by atoms with Gasteiger partial charge in [0.2, 0.25) is 5.91 Å². The Balaban J connectivity index is 1.87. The number of benzene rings is 1.